The Kier molecular flexibility index (Phi) is 48.1. The molecule has 12 fully saturated rings. The van der Waals surface area contributed by atoms with Crippen LogP contribution in [0.3, 0.4) is 0 Å². The van der Waals surface area contributed by atoms with Crippen molar-refractivity contribution in [2.75, 3.05) is 6.61 Å². The quantitative estimate of drug-likeness (QED) is 0.0833. The van der Waals surface area contributed by atoms with E-state index in [0.29, 0.717) is 122 Å². The topological polar surface area (TPSA) is 106 Å². The molecule has 12 aliphatic carbocycles. The molecular formula is C90H140O6Y6-6. The van der Waals surface area contributed by atoms with E-state index in [-0.39, 0.29) is 208 Å². The molecule has 102 heavy (non-hydrogen) atoms. The van der Waals surface area contributed by atoms with Crippen molar-refractivity contribution >= 4 is 31.4 Å². The number of carbonyl (C=O) groups excluding carboxylic acids is 5. The van der Waals surface area contributed by atoms with Gasteiger partial charge in [0, 0.05) is 234 Å². The second-order valence-corrected chi connectivity index (χ2v) is 36.4. The van der Waals surface area contributed by atoms with Gasteiger partial charge in [0.25, 0.3) is 0 Å². The van der Waals surface area contributed by atoms with Crippen molar-refractivity contribution in [3.05, 3.63) is 72.9 Å². The molecule has 24 atom stereocenters. The van der Waals surface area contributed by atoms with Crippen LogP contribution in [0.15, 0.2) is 33.4 Å². The molecule has 0 amide bonds. The molecule has 0 spiro atoms. The Morgan fingerprint density at radius 2 is 0.569 bits per heavy atom. The van der Waals surface area contributed by atoms with Gasteiger partial charge in [-0.05, 0) is 256 Å². The van der Waals surface area contributed by atoms with Gasteiger partial charge in [0.05, 0.1) is 0 Å². The smallest absolute Gasteiger partial charge is 0.123 e. The second-order valence-electron chi connectivity index (χ2n) is 36.4. The molecule has 0 heterocycles. The predicted molar refractivity (Wildman–Crippen MR) is 396 cm³/mol. The predicted octanol–water partition coefficient (Wildman–Crippen LogP) is 22.5. The summed E-state index contributed by atoms with van der Waals surface area (Å²) in [5.74, 6) is 10.6. The molecule has 6 unspecified atom stereocenters. The Hall–Kier alpha value is 3.37. The number of aldehydes is 5. The van der Waals surface area contributed by atoms with Crippen LogP contribution in [0.5, 0.6) is 0 Å². The first-order valence-electron chi connectivity index (χ1n) is 40.1. The van der Waals surface area contributed by atoms with Gasteiger partial charge in [-0.2, -0.15) is 0 Å². The maximum atomic E-state index is 11.0. The van der Waals surface area contributed by atoms with Crippen molar-refractivity contribution in [2.45, 2.75) is 314 Å². The number of unbranched alkanes of at least 4 members (excludes halogenated alkanes) is 1. The minimum atomic E-state index is 0. The third kappa shape index (κ3) is 23.8. The van der Waals surface area contributed by atoms with Crippen molar-refractivity contribution in [2.24, 2.45) is 139 Å². The van der Waals surface area contributed by atoms with Crippen LogP contribution in [0.1, 0.15) is 314 Å². The molecule has 560 valence electrons. The van der Waals surface area contributed by atoms with Crippen molar-refractivity contribution in [3.63, 3.8) is 0 Å². The monoisotopic (exact) mass is 1850 g/mol. The first-order chi connectivity index (χ1) is 45.6. The zero-order chi connectivity index (χ0) is 70.6. The van der Waals surface area contributed by atoms with Gasteiger partial charge in [-0.25, -0.2) is 0 Å². The number of aliphatic hydroxyl groups excluding tert-OH is 1. The van der Waals surface area contributed by atoms with Gasteiger partial charge in [-0.15, -0.1) is 0 Å². The molecule has 0 aromatic carbocycles. The van der Waals surface area contributed by atoms with E-state index in [4.69, 9.17) is 39.5 Å². The fourth-order valence-corrected chi connectivity index (χ4v) is 25.8. The average molecular weight is 1850 g/mol. The number of aliphatic hydroxyl groups is 1. The number of rotatable bonds is 18. The normalized spacial score (nSPS) is 38.2. The van der Waals surface area contributed by atoms with E-state index in [2.05, 4.69) is 83.1 Å². The molecular weight excluding hydrogens is 1710 g/mol. The van der Waals surface area contributed by atoms with Crippen molar-refractivity contribution in [1.82, 2.24) is 0 Å². The Bertz CT molecular complexity index is 2630. The van der Waals surface area contributed by atoms with E-state index in [1.165, 1.54) is 194 Å². The summed E-state index contributed by atoms with van der Waals surface area (Å²) in [7, 11) is 0. The summed E-state index contributed by atoms with van der Waals surface area (Å²) in [6.45, 7) is 65.1. The van der Waals surface area contributed by atoms with E-state index in [1.54, 1.807) is 0 Å². The molecule has 12 saturated carbocycles. The summed E-state index contributed by atoms with van der Waals surface area (Å²) in [6.07, 6.45) is 47.8. The molecule has 0 aliphatic heterocycles. The van der Waals surface area contributed by atoms with Crippen LogP contribution in [-0.4, -0.2) is 43.1 Å². The molecule has 12 aliphatic rings. The second kappa shape index (κ2) is 47.4. The van der Waals surface area contributed by atoms with Crippen molar-refractivity contribution < 1.29 is 225 Å². The summed E-state index contributed by atoms with van der Waals surface area (Å²) < 4.78 is 0. The molecule has 12 heteroatoms. The van der Waals surface area contributed by atoms with Crippen LogP contribution >= 0.6 is 0 Å². The summed E-state index contributed by atoms with van der Waals surface area (Å²) in [6, 6.07) is 0. The first kappa shape index (κ1) is 103. The van der Waals surface area contributed by atoms with Crippen LogP contribution in [0.4, 0.5) is 0 Å². The maximum absolute atomic E-state index is 11.0. The number of hydrogen-bond donors (Lipinski definition) is 1. The fourth-order valence-electron chi connectivity index (χ4n) is 25.8. The standard InChI is InChI=1S/C17H27O.C16H25O.C15H23O.C14H23O.2C14H21O.6Y/c1-13(7-4-5-12-18)15-9-10-16-14(2)8-6-11-17(15,16)3;1-12-6-4-10-16(3)14(12)8-9-15(16)13(2)7-5-11-17;1-11-5-4-9-15(3)13(11)6-7-14(15)12(2)8-10-16;3*1-10-5-4-8-14(3)12(10)6-7-13(14)11(2)9-15;;;;;;/h2,12-13,15-16H,4-11H2,1,3H3;1,11,13-15H,4-10H2,2-3H3;1,10,12-14H,4-9H2,2-3H3;1,11-13,15H,4-9H2,2-3H3;2*1,9,11-13H,4-8H2,2-3H3;;;;;;/q6*-1;;;;;;/t13-,15-,16?,17-;13-,14?,15+,16-;12-,13?,14+,15-;2*11-,12?,13+,14-;11-,12?,13-,14+;;;;;;/m100001....../s1. The third-order valence-corrected chi connectivity index (χ3v) is 31.2. The van der Waals surface area contributed by atoms with Gasteiger partial charge in [0.1, 0.15) is 31.4 Å². The zero-order valence-electron chi connectivity index (χ0n) is 66.9. The van der Waals surface area contributed by atoms with Crippen LogP contribution in [0.25, 0.3) is 0 Å². The summed E-state index contributed by atoms with van der Waals surface area (Å²) in [5.41, 5.74) is 9.63. The largest absolute Gasteiger partial charge is 0.514 e. The van der Waals surface area contributed by atoms with Gasteiger partial charge < -0.3 is 68.6 Å². The van der Waals surface area contributed by atoms with E-state index >= 15 is 0 Å². The van der Waals surface area contributed by atoms with Crippen LogP contribution in [0, 0.1) is 178 Å². The molecule has 6 radical (unpaired) electrons. The fraction of sp³-hybridized carbons (Fsp3) is 0.811. The van der Waals surface area contributed by atoms with Crippen molar-refractivity contribution in [3.8, 4) is 0 Å². The van der Waals surface area contributed by atoms with Gasteiger partial charge in [0.15, 0.2) is 0 Å². The number of allylic oxidation sites excluding steroid dienone is 6. The van der Waals surface area contributed by atoms with Crippen molar-refractivity contribution in [1.29, 1.82) is 0 Å². The molecule has 0 aromatic rings. The number of fused-ring (bicyclic) bond motifs is 6. The first-order valence-corrected chi connectivity index (χ1v) is 40.1. The SMILES string of the molecule is [CH-]=C1CCC[C@@]2(C)C1CC[C@@H]2[C@@H](C)C=O.[CH-]=C1CCC[C@@]2(C)C1CC[C@@H]2[C@@H](C)CC=O.[CH-]=C1CCC[C@@]2(C)C1CC[C@@H]2[C@@H](C)CCC=O.[CH-]=C1CCC[C@@]2(C)C1CC[C@@H]2[C@@H](C)CO.[CH-]=C1CCC[C@@]2(C)C1CC[C@@H]2[C@H](C)C=O.[CH-]=C1CCC[C@@]2(C)C1CC[C@@H]2[C@H](C)CCCC=O.[Y].[Y].[Y].[Y].[Y].[Y]. The molecule has 1 N–H and O–H groups in total. The Morgan fingerprint density at radius 1 is 0.333 bits per heavy atom. The van der Waals surface area contributed by atoms with E-state index in [1.807, 2.05) is 0 Å². The van der Waals surface area contributed by atoms with Crippen LogP contribution in [-0.2, 0) is 220 Å². The average Bonchev–Trinajstić information content (AvgIpc) is 1.64. The summed E-state index contributed by atoms with van der Waals surface area (Å²) >= 11 is 0. The minimum Gasteiger partial charge on any atom is -0.514 e. The molecule has 0 saturated heterocycles. The molecule has 0 bridgehead atoms. The molecule has 12 rings (SSSR count). The van der Waals surface area contributed by atoms with E-state index in [9.17, 15) is 29.1 Å². The Labute approximate surface area is 778 Å². The van der Waals surface area contributed by atoms with Crippen LogP contribution in [0.2, 0.25) is 0 Å². The summed E-state index contributed by atoms with van der Waals surface area (Å²) in [5, 5.41) is 9.33. The molecule has 0 aromatic heterocycles. The minimum absolute atomic E-state index is 0. The van der Waals surface area contributed by atoms with Gasteiger partial charge >= 0.3 is 0 Å². The number of carbonyl (C=O) groups is 5. The van der Waals surface area contributed by atoms with E-state index < -0.39 is 0 Å². The Morgan fingerprint density at radius 3 is 0.814 bits per heavy atom. The zero-order valence-corrected chi connectivity index (χ0v) is 83.9. The Balaban J connectivity index is 0.000000606. The summed E-state index contributed by atoms with van der Waals surface area (Å²) in [4.78, 5) is 53.5. The van der Waals surface area contributed by atoms with Gasteiger partial charge in [-0.1, -0.05) is 167 Å². The van der Waals surface area contributed by atoms with Gasteiger partial charge in [0.2, 0.25) is 0 Å². The maximum Gasteiger partial charge on any atom is 0.123 e. The van der Waals surface area contributed by atoms with Gasteiger partial charge in [-0.3, -0.25) is 33.4 Å². The van der Waals surface area contributed by atoms with E-state index in [0.717, 1.165) is 113 Å². The molecule has 6 nitrogen and oxygen atoms in total. The number of hydrogen-bond acceptors (Lipinski definition) is 6. The third-order valence-electron chi connectivity index (χ3n) is 31.2. The van der Waals surface area contributed by atoms with Crippen LogP contribution < -0.4 is 0 Å².